The van der Waals surface area contributed by atoms with Crippen LogP contribution in [0.2, 0.25) is 0 Å². The van der Waals surface area contributed by atoms with Crippen LogP contribution >= 0.6 is 0 Å². The SMILES string of the molecule is C#CCO[C@@H](C[C@H]1O[C@@H]2O[C@]3(C)CC[C@H]4[C@H](C)CC[C@@H]([C@H]1C)[C@@]24OO3)C1O[C@@H]2O[C@]3(C)CC[C@H]4[C@H](C)CC[C@@H]([C@H]1C)[C@@]24OO3. The third kappa shape index (κ3) is 4.25. The van der Waals surface area contributed by atoms with E-state index in [2.05, 4.69) is 33.6 Å². The second-order valence-electron chi connectivity index (χ2n) is 16.1. The summed E-state index contributed by atoms with van der Waals surface area (Å²) in [6.07, 6.45) is 12.8. The topological polar surface area (TPSA) is 83.1 Å². The third-order valence-corrected chi connectivity index (χ3v) is 13.7. The first-order valence-electron chi connectivity index (χ1n) is 17.5. The average molecular weight is 617 g/mol. The van der Waals surface area contributed by atoms with Crippen LogP contribution in [0.4, 0.5) is 0 Å². The molecule has 10 rings (SSSR count). The molecule has 0 aromatic rings. The Labute approximate surface area is 262 Å². The Morgan fingerprint density at radius 3 is 1.82 bits per heavy atom. The average Bonchev–Trinajstić information content (AvgIpc) is 3.37. The van der Waals surface area contributed by atoms with Gasteiger partial charge >= 0.3 is 0 Å². The largest absolute Gasteiger partial charge is 0.363 e. The van der Waals surface area contributed by atoms with Gasteiger partial charge in [0.25, 0.3) is 0 Å². The Bertz CT molecular complexity index is 1160. The highest BCUT2D eigenvalue weighted by molar-refractivity contribution is 5.13. The van der Waals surface area contributed by atoms with E-state index in [0.29, 0.717) is 30.1 Å². The lowest BCUT2D eigenvalue weighted by molar-refractivity contribution is -0.574. The molecule has 0 radical (unpaired) electrons. The van der Waals surface area contributed by atoms with Crippen LogP contribution in [0.25, 0.3) is 0 Å². The van der Waals surface area contributed by atoms with Crippen molar-refractivity contribution in [2.75, 3.05) is 6.61 Å². The van der Waals surface area contributed by atoms with E-state index < -0.39 is 35.4 Å². The van der Waals surface area contributed by atoms with Gasteiger partial charge in [-0.25, -0.2) is 19.6 Å². The van der Waals surface area contributed by atoms with Crippen molar-refractivity contribution in [2.24, 2.45) is 47.3 Å². The minimum Gasteiger partial charge on any atom is -0.363 e. The molecule has 1 unspecified atom stereocenters. The van der Waals surface area contributed by atoms with Crippen LogP contribution in [0.3, 0.4) is 0 Å². The molecule has 0 aromatic heterocycles. The van der Waals surface area contributed by atoms with Gasteiger partial charge in [-0.2, -0.15) is 0 Å². The second kappa shape index (κ2) is 10.6. The van der Waals surface area contributed by atoms with Crippen molar-refractivity contribution >= 4 is 0 Å². The quantitative estimate of drug-likeness (QED) is 0.277. The number of rotatable bonds is 5. The molecule has 4 bridgehead atoms. The number of fused-ring (bicyclic) bond motifs is 4. The van der Waals surface area contributed by atoms with Crippen molar-refractivity contribution in [3.63, 3.8) is 0 Å². The highest BCUT2D eigenvalue weighted by Gasteiger charge is 2.71. The molecule has 10 aliphatic rings. The summed E-state index contributed by atoms with van der Waals surface area (Å²) in [6, 6.07) is 0. The van der Waals surface area contributed by atoms with Gasteiger partial charge in [-0.05, 0) is 87.9 Å². The van der Waals surface area contributed by atoms with E-state index in [0.717, 1.165) is 44.9 Å². The zero-order valence-electron chi connectivity index (χ0n) is 27.3. The molecule has 246 valence electrons. The first-order valence-corrected chi connectivity index (χ1v) is 17.5. The maximum atomic E-state index is 7.03. The zero-order valence-corrected chi connectivity index (χ0v) is 27.3. The molecule has 0 N–H and O–H groups in total. The van der Waals surface area contributed by atoms with Crippen LogP contribution in [0.5, 0.6) is 0 Å². The van der Waals surface area contributed by atoms with Crippen molar-refractivity contribution in [1.29, 1.82) is 0 Å². The van der Waals surface area contributed by atoms with Gasteiger partial charge in [0.2, 0.25) is 11.6 Å². The standard InChI is InChI=1S/C35H52O9/c1-8-17-36-28(29-22(5)26-12-10-20(3)24-14-16-33(7)40-31(38-29)35(24,26)44-42-33)18-27-21(4)25-11-9-19(2)23-13-15-32(6)39-30(37-27)34(23,25)43-41-32/h1,19-31H,9-18H2,2-7H3/t19-,20-,21-,22-,23+,24+,25+,26+,27-,28+,29?,30-,31-,32+,33+,34-,35-/m1/s1. The second-order valence-corrected chi connectivity index (χ2v) is 16.1. The van der Waals surface area contributed by atoms with Gasteiger partial charge in [0.05, 0.1) is 18.3 Å². The van der Waals surface area contributed by atoms with Crippen molar-refractivity contribution in [3.8, 4) is 12.3 Å². The van der Waals surface area contributed by atoms with Gasteiger partial charge in [-0.1, -0.05) is 33.6 Å². The van der Waals surface area contributed by atoms with Crippen LogP contribution in [-0.2, 0) is 43.2 Å². The predicted molar refractivity (Wildman–Crippen MR) is 157 cm³/mol. The van der Waals surface area contributed by atoms with E-state index in [-0.39, 0.29) is 48.6 Å². The highest BCUT2D eigenvalue weighted by Crippen LogP contribution is 2.63. The number of ether oxygens (including phenoxy) is 5. The molecule has 8 aliphatic heterocycles. The molecule has 2 spiro atoms. The number of terminal acetylenes is 1. The smallest absolute Gasteiger partial charge is 0.201 e. The van der Waals surface area contributed by atoms with E-state index in [4.69, 9.17) is 49.7 Å². The molecule has 2 saturated carbocycles. The molecule has 0 amide bonds. The molecule has 8 saturated heterocycles. The Morgan fingerprint density at radius 1 is 0.705 bits per heavy atom. The van der Waals surface area contributed by atoms with Gasteiger partial charge in [0.1, 0.15) is 6.61 Å². The maximum Gasteiger partial charge on any atom is 0.201 e. The molecular weight excluding hydrogens is 564 g/mol. The highest BCUT2D eigenvalue weighted by atomic mass is 17.3. The lowest BCUT2D eigenvalue weighted by Crippen LogP contribution is -2.72. The van der Waals surface area contributed by atoms with Crippen LogP contribution in [0, 0.1) is 59.7 Å². The predicted octanol–water partition coefficient (Wildman–Crippen LogP) is 5.90. The Balaban J connectivity index is 1.10. The molecule has 9 heteroatoms. The van der Waals surface area contributed by atoms with Gasteiger partial charge < -0.3 is 23.7 Å². The first kappa shape index (κ1) is 30.5. The first-order chi connectivity index (χ1) is 21.0. The normalized spacial score (nSPS) is 58.2. The van der Waals surface area contributed by atoms with Crippen LogP contribution < -0.4 is 0 Å². The van der Waals surface area contributed by atoms with Crippen LogP contribution in [0.15, 0.2) is 0 Å². The summed E-state index contributed by atoms with van der Waals surface area (Å²) in [4.78, 5) is 24.9. The molecule has 8 heterocycles. The van der Waals surface area contributed by atoms with E-state index in [1.165, 1.54) is 6.42 Å². The summed E-state index contributed by atoms with van der Waals surface area (Å²) in [7, 11) is 0. The number of hydrogen-bond donors (Lipinski definition) is 0. The monoisotopic (exact) mass is 616 g/mol. The van der Waals surface area contributed by atoms with E-state index >= 15 is 0 Å². The third-order valence-electron chi connectivity index (χ3n) is 13.7. The molecule has 44 heavy (non-hydrogen) atoms. The molecule has 0 aromatic carbocycles. The molecule has 10 fully saturated rings. The molecule has 2 aliphatic carbocycles. The minimum absolute atomic E-state index is 0.117. The van der Waals surface area contributed by atoms with Crippen molar-refractivity contribution in [3.05, 3.63) is 0 Å². The Kier molecular flexibility index (Phi) is 7.36. The summed E-state index contributed by atoms with van der Waals surface area (Å²) in [5.41, 5.74) is -1.21. The van der Waals surface area contributed by atoms with E-state index in [1.54, 1.807) is 0 Å². The summed E-state index contributed by atoms with van der Waals surface area (Å²) in [6.45, 7) is 13.4. The van der Waals surface area contributed by atoms with E-state index in [9.17, 15) is 0 Å². The lowest BCUT2D eigenvalue weighted by atomic mass is 9.56. The molecule has 9 nitrogen and oxygen atoms in total. The minimum atomic E-state index is -0.823. The zero-order chi connectivity index (χ0) is 30.6. The fraction of sp³-hybridized carbons (Fsp3) is 0.943. The summed E-state index contributed by atoms with van der Waals surface area (Å²) >= 11 is 0. The lowest BCUT2D eigenvalue weighted by Gasteiger charge is -2.62. The molecular formula is C35H52O9. The van der Waals surface area contributed by atoms with Crippen LogP contribution in [0.1, 0.15) is 99.3 Å². The van der Waals surface area contributed by atoms with Gasteiger partial charge in [-0.15, -0.1) is 6.42 Å². The molecule has 17 atom stereocenters. The number of hydrogen-bond acceptors (Lipinski definition) is 9. The van der Waals surface area contributed by atoms with Crippen molar-refractivity contribution in [2.45, 2.75) is 153 Å². The maximum absolute atomic E-state index is 7.03. The van der Waals surface area contributed by atoms with Gasteiger partial charge in [0.15, 0.2) is 23.8 Å². The van der Waals surface area contributed by atoms with Crippen molar-refractivity contribution < 1.29 is 43.2 Å². The Morgan fingerprint density at radius 2 is 1.25 bits per heavy atom. The fourth-order valence-electron chi connectivity index (χ4n) is 11.3. The van der Waals surface area contributed by atoms with Crippen LogP contribution in [-0.4, -0.2) is 60.3 Å². The van der Waals surface area contributed by atoms with E-state index in [1.807, 2.05) is 13.8 Å². The fourth-order valence-corrected chi connectivity index (χ4v) is 11.3. The Hall–Kier alpha value is -0.800. The summed E-state index contributed by atoms with van der Waals surface area (Å²) < 4.78 is 33.9. The summed E-state index contributed by atoms with van der Waals surface area (Å²) in [5, 5.41) is 0. The summed E-state index contributed by atoms with van der Waals surface area (Å²) in [5.74, 6) is 3.58. The van der Waals surface area contributed by atoms with Crippen molar-refractivity contribution in [1.82, 2.24) is 0 Å². The van der Waals surface area contributed by atoms with Gasteiger partial charge in [-0.3, -0.25) is 0 Å². The van der Waals surface area contributed by atoms with Gasteiger partial charge in [0, 0.05) is 31.1 Å².